The summed E-state index contributed by atoms with van der Waals surface area (Å²) >= 11 is 0. The lowest BCUT2D eigenvalue weighted by Crippen LogP contribution is -2.37. The molecular formula is C29H50O3. The summed E-state index contributed by atoms with van der Waals surface area (Å²) in [5.74, 6) is 2.11. The van der Waals surface area contributed by atoms with E-state index in [1.165, 1.54) is 32.1 Å². The van der Waals surface area contributed by atoms with Gasteiger partial charge in [0.05, 0.1) is 9.30 Å². The Labute approximate surface area is 203 Å². The molecule has 0 bridgehead atoms. The highest BCUT2D eigenvalue weighted by Crippen LogP contribution is 2.44. The van der Waals surface area contributed by atoms with Gasteiger partial charge in [-0.2, -0.15) is 0 Å². The molecule has 1 heterocycles. The number of aromatic hydroxyl groups is 1. The van der Waals surface area contributed by atoms with Gasteiger partial charge < -0.3 is 14.9 Å². The van der Waals surface area contributed by atoms with Crippen LogP contribution in [0.15, 0.2) is 0 Å². The molecule has 184 valence electrons. The van der Waals surface area contributed by atoms with Crippen molar-refractivity contribution in [2.24, 2.45) is 17.8 Å². The molecule has 0 spiro atoms. The smallest absolute Gasteiger partial charge is 0.127 e. The van der Waals surface area contributed by atoms with Gasteiger partial charge in [0.15, 0.2) is 0 Å². The van der Waals surface area contributed by atoms with Gasteiger partial charge in [-0.3, -0.25) is 0 Å². The monoisotopic (exact) mass is 450 g/mol. The molecule has 0 fully saturated rings. The van der Waals surface area contributed by atoms with Crippen molar-refractivity contribution in [3.63, 3.8) is 0 Å². The molecule has 0 aliphatic carbocycles. The SMILES string of the molecule is [2H]C([2H])(O)c1c(O)c(C)c(C)c2c1CC[C@@](C)(C([2H])([2H])CC[C@H](C)CCC[C@H](C)CCCC(C)C)O2. The first kappa shape index (κ1) is 21.3. The van der Waals surface area contributed by atoms with Gasteiger partial charge >= 0.3 is 0 Å². The van der Waals surface area contributed by atoms with Crippen LogP contribution in [-0.4, -0.2) is 15.8 Å². The van der Waals surface area contributed by atoms with Crippen LogP contribution in [0.2, 0.25) is 0 Å². The minimum absolute atomic E-state index is 0.157. The lowest BCUT2D eigenvalue weighted by atomic mass is 9.83. The summed E-state index contributed by atoms with van der Waals surface area (Å²) in [5, 5.41) is 20.6. The van der Waals surface area contributed by atoms with E-state index in [2.05, 4.69) is 27.7 Å². The average Bonchev–Trinajstić information content (AvgIpc) is 2.75. The maximum Gasteiger partial charge on any atom is 0.127 e. The van der Waals surface area contributed by atoms with Crippen molar-refractivity contribution in [3.05, 3.63) is 22.3 Å². The minimum Gasteiger partial charge on any atom is -0.507 e. The van der Waals surface area contributed by atoms with E-state index in [9.17, 15) is 10.2 Å². The first-order chi connectivity index (χ1) is 16.5. The van der Waals surface area contributed by atoms with E-state index in [-0.39, 0.29) is 11.3 Å². The number of benzene rings is 1. The third-order valence-electron chi connectivity index (χ3n) is 7.37. The summed E-state index contributed by atoms with van der Waals surface area (Å²) in [7, 11) is 0. The zero-order valence-corrected chi connectivity index (χ0v) is 21.6. The average molecular weight is 451 g/mol. The second kappa shape index (κ2) is 12.3. The number of rotatable bonds is 13. The largest absolute Gasteiger partial charge is 0.507 e. The summed E-state index contributed by atoms with van der Waals surface area (Å²) in [6.07, 6.45) is 7.72. The maximum atomic E-state index is 10.5. The topological polar surface area (TPSA) is 49.7 Å². The fourth-order valence-corrected chi connectivity index (χ4v) is 4.84. The number of aliphatic hydroxyl groups is 1. The van der Waals surface area contributed by atoms with Crippen LogP contribution in [0.4, 0.5) is 0 Å². The van der Waals surface area contributed by atoms with Crippen LogP contribution in [0.1, 0.15) is 127 Å². The molecule has 1 aliphatic rings. The van der Waals surface area contributed by atoms with Crippen LogP contribution in [-0.2, 0) is 13.0 Å². The zero-order valence-electron chi connectivity index (χ0n) is 25.6. The second-order valence-electron chi connectivity index (χ2n) is 10.9. The molecule has 1 aliphatic heterocycles. The van der Waals surface area contributed by atoms with Crippen LogP contribution in [0.3, 0.4) is 0 Å². The molecule has 1 aromatic carbocycles. The van der Waals surface area contributed by atoms with Gasteiger partial charge in [-0.1, -0.05) is 72.6 Å². The van der Waals surface area contributed by atoms with Crippen molar-refractivity contribution in [3.8, 4) is 11.5 Å². The van der Waals surface area contributed by atoms with Gasteiger partial charge in [0.25, 0.3) is 0 Å². The molecule has 0 unspecified atom stereocenters. The van der Waals surface area contributed by atoms with Crippen molar-refractivity contribution < 1.29 is 20.4 Å². The highest BCUT2D eigenvalue weighted by atomic mass is 16.5. The van der Waals surface area contributed by atoms with E-state index in [1.54, 1.807) is 20.8 Å². The molecule has 0 aromatic heterocycles. The Morgan fingerprint density at radius 2 is 1.50 bits per heavy atom. The second-order valence-corrected chi connectivity index (χ2v) is 10.9. The standard InChI is InChI=1S/C29H50O3/c1-20(2)11-8-12-21(3)13-9-14-22(4)15-10-17-29(7)18-16-25-26(19-30)27(31)23(5)24(6)28(25)32-29/h20-22,30-31H,8-19H2,1-7H3/t21-,22-,29-/m1/s1/i17D2,19D2. The molecular weight excluding hydrogens is 396 g/mol. The highest BCUT2D eigenvalue weighted by Gasteiger charge is 2.34. The summed E-state index contributed by atoms with van der Waals surface area (Å²) in [5.41, 5.74) is 0.312. The van der Waals surface area contributed by atoms with Crippen molar-refractivity contribution in [1.29, 1.82) is 0 Å². The quantitative estimate of drug-likeness (QED) is 0.320. The van der Waals surface area contributed by atoms with Crippen LogP contribution < -0.4 is 4.74 Å². The van der Waals surface area contributed by atoms with Crippen molar-refractivity contribution in [2.45, 2.75) is 131 Å². The van der Waals surface area contributed by atoms with Gasteiger partial charge in [-0.05, 0) is 75.3 Å². The zero-order chi connectivity index (χ0) is 27.5. The van der Waals surface area contributed by atoms with Crippen molar-refractivity contribution in [2.75, 3.05) is 0 Å². The highest BCUT2D eigenvalue weighted by molar-refractivity contribution is 5.58. The van der Waals surface area contributed by atoms with Crippen LogP contribution >= 0.6 is 0 Å². The number of ether oxygens (including phenoxy) is 1. The van der Waals surface area contributed by atoms with Crippen LogP contribution in [0.25, 0.3) is 0 Å². The van der Waals surface area contributed by atoms with Crippen molar-refractivity contribution in [1.82, 2.24) is 0 Å². The third-order valence-corrected chi connectivity index (χ3v) is 7.37. The summed E-state index contributed by atoms with van der Waals surface area (Å²) in [6, 6.07) is 0. The van der Waals surface area contributed by atoms with Crippen LogP contribution in [0.5, 0.6) is 11.5 Å². The minimum atomic E-state index is -2.70. The Bertz CT molecular complexity index is 878. The number of hydrogen-bond donors (Lipinski definition) is 2. The van der Waals surface area contributed by atoms with E-state index in [0.29, 0.717) is 47.6 Å². The molecule has 0 amide bonds. The molecule has 3 nitrogen and oxygen atoms in total. The Balaban J connectivity index is 2.01. The van der Waals surface area contributed by atoms with Gasteiger partial charge in [0.1, 0.15) is 17.1 Å². The van der Waals surface area contributed by atoms with Gasteiger partial charge in [0.2, 0.25) is 0 Å². The Morgan fingerprint density at radius 1 is 0.938 bits per heavy atom. The number of phenols is 1. The molecule has 2 rings (SSSR count). The van der Waals surface area contributed by atoms with Crippen LogP contribution in [0, 0.1) is 31.6 Å². The van der Waals surface area contributed by atoms with E-state index in [4.69, 9.17) is 10.2 Å². The molecule has 3 atom stereocenters. The summed E-state index contributed by atoms with van der Waals surface area (Å²) in [6.45, 7) is 11.7. The van der Waals surface area contributed by atoms with Gasteiger partial charge in [-0.15, -0.1) is 0 Å². The van der Waals surface area contributed by atoms with E-state index >= 15 is 0 Å². The molecule has 0 radical (unpaired) electrons. The Kier molecular flexibility index (Phi) is 8.20. The van der Waals surface area contributed by atoms with E-state index < -0.39 is 18.5 Å². The predicted octanol–water partition coefficient (Wildman–Crippen LogP) is 8.02. The van der Waals surface area contributed by atoms with Gasteiger partial charge in [0, 0.05) is 13.9 Å². The first-order valence-corrected chi connectivity index (χ1v) is 12.8. The van der Waals surface area contributed by atoms with Crippen molar-refractivity contribution >= 4 is 0 Å². The predicted molar refractivity (Wildman–Crippen MR) is 136 cm³/mol. The maximum absolute atomic E-state index is 10.5. The molecule has 3 heteroatoms. The summed E-state index contributed by atoms with van der Waals surface area (Å²) in [4.78, 5) is 0. The Hall–Kier alpha value is -1.22. The van der Waals surface area contributed by atoms with E-state index in [1.807, 2.05) is 0 Å². The molecule has 32 heavy (non-hydrogen) atoms. The summed E-state index contributed by atoms with van der Waals surface area (Å²) < 4.78 is 39.8. The molecule has 1 aromatic rings. The first-order valence-electron chi connectivity index (χ1n) is 14.8. The van der Waals surface area contributed by atoms with E-state index in [0.717, 1.165) is 24.7 Å². The molecule has 2 N–H and O–H groups in total. The lowest BCUT2D eigenvalue weighted by molar-refractivity contribution is 0.0506. The lowest BCUT2D eigenvalue weighted by Gasteiger charge is -2.38. The normalized spacial score (nSPS) is 22.9. The number of fused-ring (bicyclic) bond motifs is 1. The fourth-order valence-electron chi connectivity index (χ4n) is 4.84. The third kappa shape index (κ3) is 7.40. The fraction of sp³-hybridized carbons (Fsp3) is 0.793. The van der Waals surface area contributed by atoms with Gasteiger partial charge in [-0.25, -0.2) is 0 Å². The molecule has 0 saturated heterocycles. The Morgan fingerprint density at radius 3 is 2.06 bits per heavy atom. The molecule has 0 saturated carbocycles. The number of hydrogen-bond acceptors (Lipinski definition) is 3.